The van der Waals surface area contributed by atoms with Crippen LogP contribution in [-0.2, 0) is 17.5 Å². The van der Waals surface area contributed by atoms with Gasteiger partial charge in [-0.05, 0) is 80.2 Å². The number of hydrogen-bond donors (Lipinski definition) is 1. The van der Waals surface area contributed by atoms with Crippen LogP contribution in [0.2, 0.25) is 0 Å². The minimum atomic E-state index is -4.38. The molecule has 1 fully saturated rings. The Bertz CT molecular complexity index is 914. The van der Waals surface area contributed by atoms with Crippen molar-refractivity contribution in [2.24, 2.45) is 11.8 Å². The average molecular weight is 466 g/mol. The highest BCUT2D eigenvalue weighted by Gasteiger charge is 2.37. The average Bonchev–Trinajstić information content (AvgIpc) is 3.03. The number of aryl methyl sites for hydroxylation is 2. The number of carboxylic acids is 1. The number of hydrogen-bond acceptors (Lipinski definition) is 3. The molecule has 0 saturated heterocycles. The van der Waals surface area contributed by atoms with Gasteiger partial charge >= 0.3 is 12.1 Å². The van der Waals surface area contributed by atoms with Gasteiger partial charge in [0.2, 0.25) is 0 Å². The first-order valence-corrected chi connectivity index (χ1v) is 11.6. The van der Waals surface area contributed by atoms with Gasteiger partial charge in [-0.1, -0.05) is 26.0 Å². The normalized spacial score (nSPS) is 21.7. The maximum atomic E-state index is 13.1. The molecule has 1 aliphatic carbocycles. The van der Waals surface area contributed by atoms with E-state index >= 15 is 0 Å². The number of benzene rings is 1. The Morgan fingerprint density at radius 3 is 2.36 bits per heavy atom. The molecule has 182 valence electrons. The second kappa shape index (κ2) is 10.3. The highest BCUT2D eigenvalue weighted by molar-refractivity contribution is 5.67. The van der Waals surface area contributed by atoms with E-state index in [1.54, 1.807) is 12.1 Å². The van der Waals surface area contributed by atoms with E-state index in [2.05, 4.69) is 18.7 Å². The standard InChI is InChI=1S/C26H34F3NO3/c1-16(2)14-30(15-22-11-17(3)18(4)33-22)24-10-5-19(13-25(31)32)12-23(24)20-6-8-21(9-7-20)26(27,28)29/h6-9,11,16,19,23-24H,5,10,12-15H2,1-4H3,(H,31,32)/t19-,23+,24-/m1/s1. The lowest BCUT2D eigenvalue weighted by molar-refractivity contribution is -0.139. The molecule has 4 nitrogen and oxygen atoms in total. The van der Waals surface area contributed by atoms with Crippen molar-refractivity contribution in [2.45, 2.75) is 78.1 Å². The lowest BCUT2D eigenvalue weighted by Crippen LogP contribution is -2.44. The summed E-state index contributed by atoms with van der Waals surface area (Å²) in [4.78, 5) is 13.7. The van der Waals surface area contributed by atoms with Crippen LogP contribution < -0.4 is 0 Å². The Labute approximate surface area is 193 Å². The van der Waals surface area contributed by atoms with Crippen LogP contribution in [0.4, 0.5) is 13.2 Å². The number of halogens is 3. The maximum Gasteiger partial charge on any atom is 0.416 e. The lowest BCUT2D eigenvalue weighted by atomic mass is 9.72. The largest absolute Gasteiger partial charge is 0.481 e. The number of furan rings is 1. The summed E-state index contributed by atoms with van der Waals surface area (Å²) in [6, 6.07) is 7.56. The zero-order chi connectivity index (χ0) is 24.3. The van der Waals surface area contributed by atoms with E-state index < -0.39 is 17.7 Å². The Hall–Kier alpha value is -2.28. The summed E-state index contributed by atoms with van der Waals surface area (Å²) in [5, 5.41) is 9.32. The topological polar surface area (TPSA) is 53.7 Å². The number of carboxylic acid groups (broad SMARTS) is 1. The SMILES string of the molecule is Cc1cc(CN(CC(C)C)[C@@H]2CC[C@@H](CC(=O)O)C[C@H]2c2ccc(C(F)(F)F)cc2)oc1C. The Balaban J connectivity index is 1.92. The number of carbonyl (C=O) groups is 1. The summed E-state index contributed by atoms with van der Waals surface area (Å²) in [6.07, 6.45) is -2.05. The van der Waals surface area contributed by atoms with Crippen molar-refractivity contribution in [3.8, 4) is 0 Å². The third-order valence-corrected chi connectivity index (χ3v) is 6.70. The van der Waals surface area contributed by atoms with Gasteiger partial charge in [-0.2, -0.15) is 13.2 Å². The van der Waals surface area contributed by atoms with Gasteiger partial charge in [0.25, 0.3) is 0 Å². The van der Waals surface area contributed by atoms with Crippen molar-refractivity contribution in [3.05, 3.63) is 58.5 Å². The molecule has 1 N–H and O–H groups in total. The van der Waals surface area contributed by atoms with E-state index in [0.29, 0.717) is 18.9 Å². The van der Waals surface area contributed by atoms with E-state index in [9.17, 15) is 23.1 Å². The molecule has 1 aromatic carbocycles. The van der Waals surface area contributed by atoms with Crippen molar-refractivity contribution in [1.29, 1.82) is 0 Å². The smallest absolute Gasteiger partial charge is 0.416 e. The summed E-state index contributed by atoms with van der Waals surface area (Å²) in [5.41, 5.74) is 1.27. The van der Waals surface area contributed by atoms with Gasteiger partial charge in [0.15, 0.2) is 0 Å². The molecule has 0 amide bonds. The van der Waals surface area contributed by atoms with Gasteiger partial charge in [0.1, 0.15) is 11.5 Å². The van der Waals surface area contributed by atoms with E-state index in [0.717, 1.165) is 54.2 Å². The van der Waals surface area contributed by atoms with Crippen LogP contribution in [0.15, 0.2) is 34.7 Å². The fraction of sp³-hybridized carbons (Fsp3) is 0.577. The van der Waals surface area contributed by atoms with Crippen LogP contribution >= 0.6 is 0 Å². The number of alkyl halides is 3. The molecule has 1 heterocycles. The van der Waals surface area contributed by atoms with Crippen molar-refractivity contribution in [2.75, 3.05) is 6.54 Å². The summed E-state index contributed by atoms with van der Waals surface area (Å²) in [5.74, 6) is 1.31. The van der Waals surface area contributed by atoms with Gasteiger partial charge in [-0.15, -0.1) is 0 Å². The zero-order valence-electron chi connectivity index (χ0n) is 19.8. The molecule has 1 aliphatic rings. The zero-order valence-corrected chi connectivity index (χ0v) is 19.8. The summed E-state index contributed by atoms with van der Waals surface area (Å²) < 4.78 is 45.3. The van der Waals surface area contributed by atoms with Gasteiger partial charge in [0, 0.05) is 19.0 Å². The second-order valence-electron chi connectivity index (χ2n) is 9.85. The number of aliphatic carboxylic acids is 1. The van der Waals surface area contributed by atoms with Gasteiger partial charge in [-0.25, -0.2) is 0 Å². The molecule has 0 spiro atoms. The van der Waals surface area contributed by atoms with Crippen LogP contribution in [0.1, 0.15) is 73.7 Å². The molecule has 3 atom stereocenters. The van der Waals surface area contributed by atoms with Crippen molar-refractivity contribution in [3.63, 3.8) is 0 Å². The Morgan fingerprint density at radius 1 is 1.18 bits per heavy atom. The van der Waals surface area contributed by atoms with E-state index in [1.165, 1.54) is 0 Å². The van der Waals surface area contributed by atoms with Crippen molar-refractivity contribution in [1.82, 2.24) is 4.90 Å². The molecule has 2 aromatic rings. The first-order valence-electron chi connectivity index (χ1n) is 11.6. The summed E-state index contributed by atoms with van der Waals surface area (Å²) in [7, 11) is 0. The van der Waals surface area contributed by atoms with Crippen LogP contribution in [0.5, 0.6) is 0 Å². The fourth-order valence-corrected chi connectivity index (χ4v) is 5.10. The maximum absolute atomic E-state index is 13.1. The minimum absolute atomic E-state index is 0.0139. The lowest BCUT2D eigenvalue weighted by Gasteiger charge is -2.43. The third kappa shape index (κ3) is 6.62. The number of rotatable bonds is 8. The molecule has 1 aromatic heterocycles. The molecule has 0 aliphatic heterocycles. The highest BCUT2D eigenvalue weighted by Crippen LogP contribution is 2.42. The first-order chi connectivity index (χ1) is 15.4. The molecule has 0 unspecified atom stereocenters. The molecular weight excluding hydrogens is 431 g/mol. The molecular formula is C26H34F3NO3. The quantitative estimate of drug-likeness (QED) is 0.466. The Morgan fingerprint density at radius 2 is 1.85 bits per heavy atom. The van der Waals surface area contributed by atoms with Crippen molar-refractivity contribution < 1.29 is 27.5 Å². The molecule has 33 heavy (non-hydrogen) atoms. The van der Waals surface area contributed by atoms with Gasteiger partial charge in [-0.3, -0.25) is 9.69 Å². The van der Waals surface area contributed by atoms with E-state index in [4.69, 9.17) is 4.42 Å². The van der Waals surface area contributed by atoms with Crippen LogP contribution in [0, 0.1) is 25.7 Å². The highest BCUT2D eigenvalue weighted by atomic mass is 19.4. The van der Waals surface area contributed by atoms with E-state index in [-0.39, 0.29) is 24.3 Å². The van der Waals surface area contributed by atoms with Crippen LogP contribution in [0.25, 0.3) is 0 Å². The predicted octanol–water partition coefficient (Wildman–Crippen LogP) is 6.80. The van der Waals surface area contributed by atoms with E-state index in [1.807, 2.05) is 19.9 Å². The molecule has 7 heteroatoms. The minimum Gasteiger partial charge on any atom is -0.481 e. The molecule has 0 bridgehead atoms. The third-order valence-electron chi connectivity index (χ3n) is 6.70. The van der Waals surface area contributed by atoms with Gasteiger partial charge in [0.05, 0.1) is 12.1 Å². The monoisotopic (exact) mass is 465 g/mol. The molecule has 1 saturated carbocycles. The Kier molecular flexibility index (Phi) is 7.93. The van der Waals surface area contributed by atoms with Crippen LogP contribution in [-0.4, -0.2) is 28.6 Å². The number of nitrogens with zero attached hydrogens (tertiary/aromatic N) is 1. The van der Waals surface area contributed by atoms with Crippen LogP contribution in [0.3, 0.4) is 0 Å². The van der Waals surface area contributed by atoms with Gasteiger partial charge < -0.3 is 9.52 Å². The second-order valence-corrected chi connectivity index (χ2v) is 9.85. The molecule has 0 radical (unpaired) electrons. The predicted molar refractivity (Wildman–Crippen MR) is 121 cm³/mol. The van der Waals surface area contributed by atoms with Crippen molar-refractivity contribution >= 4 is 5.97 Å². The summed E-state index contributed by atoms with van der Waals surface area (Å²) >= 11 is 0. The molecule has 3 rings (SSSR count). The fourth-order valence-electron chi connectivity index (χ4n) is 5.10. The first kappa shape index (κ1) is 25.3. The summed E-state index contributed by atoms with van der Waals surface area (Å²) in [6.45, 7) is 9.69.